The molecule has 0 spiro atoms. The summed E-state index contributed by atoms with van der Waals surface area (Å²) in [6.07, 6.45) is 2.76. The summed E-state index contributed by atoms with van der Waals surface area (Å²) in [6, 6.07) is 0. The van der Waals surface area contributed by atoms with Crippen molar-refractivity contribution in [3.05, 3.63) is 12.7 Å². The van der Waals surface area contributed by atoms with Gasteiger partial charge < -0.3 is 0 Å². The Balaban J connectivity index is 4.05. The predicted octanol–water partition coefficient (Wildman–Crippen LogP) is 2.42. The van der Waals surface area contributed by atoms with Gasteiger partial charge in [-0.2, -0.15) is 0 Å². The van der Waals surface area contributed by atoms with Gasteiger partial charge in [-0.1, -0.05) is 19.9 Å². The maximum absolute atomic E-state index is 10.9. The second-order valence-electron chi connectivity index (χ2n) is 2.72. The summed E-state index contributed by atoms with van der Waals surface area (Å²) in [4.78, 5) is 10.9. The summed E-state index contributed by atoms with van der Waals surface area (Å²) in [6.45, 7) is 9.37. The first-order chi connectivity index (χ1) is 4.63. The smallest absolute Gasteiger partial charge is 0.133 e. The molecule has 0 aliphatic heterocycles. The molecule has 10 heavy (non-hydrogen) atoms. The van der Waals surface area contributed by atoms with Gasteiger partial charge in [-0.3, -0.25) is 4.79 Å². The van der Waals surface area contributed by atoms with Gasteiger partial charge in [0, 0.05) is 5.92 Å². The Morgan fingerprint density at radius 1 is 1.70 bits per heavy atom. The van der Waals surface area contributed by atoms with Crippen molar-refractivity contribution in [1.29, 1.82) is 0 Å². The lowest BCUT2D eigenvalue weighted by atomic mass is 9.89. The molecule has 0 N–H and O–H groups in total. The average molecular weight is 140 g/mol. The number of carbonyl (C=O) groups is 1. The van der Waals surface area contributed by atoms with E-state index in [1.54, 1.807) is 6.92 Å². The molecule has 0 aliphatic carbocycles. The summed E-state index contributed by atoms with van der Waals surface area (Å²) < 4.78 is 0. The van der Waals surface area contributed by atoms with Crippen molar-refractivity contribution in [1.82, 2.24) is 0 Å². The molecule has 2 atom stereocenters. The Hall–Kier alpha value is -0.590. The van der Waals surface area contributed by atoms with E-state index >= 15 is 0 Å². The molecule has 0 radical (unpaired) electrons. The van der Waals surface area contributed by atoms with Crippen molar-refractivity contribution in [2.75, 3.05) is 0 Å². The number of hydrogen-bond donors (Lipinski definition) is 0. The van der Waals surface area contributed by atoms with E-state index < -0.39 is 0 Å². The molecule has 1 nitrogen and oxygen atoms in total. The SMILES string of the molecule is C=CC(C)C(CC)C(C)=O. The zero-order chi connectivity index (χ0) is 8.15. The molecule has 0 amide bonds. The molecule has 0 fully saturated rings. The zero-order valence-corrected chi connectivity index (χ0v) is 7.05. The fourth-order valence-electron chi connectivity index (χ4n) is 1.19. The lowest BCUT2D eigenvalue weighted by molar-refractivity contribution is -0.121. The van der Waals surface area contributed by atoms with Gasteiger partial charge in [-0.05, 0) is 19.3 Å². The fraction of sp³-hybridized carbons (Fsp3) is 0.667. The van der Waals surface area contributed by atoms with Crippen LogP contribution >= 0.6 is 0 Å². The molecule has 0 heterocycles. The minimum Gasteiger partial charge on any atom is -0.300 e. The molecule has 0 saturated carbocycles. The summed E-state index contributed by atoms with van der Waals surface area (Å²) in [5.41, 5.74) is 0. The zero-order valence-electron chi connectivity index (χ0n) is 7.05. The molecule has 0 bridgehead atoms. The normalized spacial score (nSPS) is 15.9. The minimum atomic E-state index is 0.178. The molecule has 58 valence electrons. The largest absolute Gasteiger partial charge is 0.300 e. The summed E-state index contributed by atoms with van der Waals surface area (Å²) in [7, 11) is 0. The number of allylic oxidation sites excluding steroid dienone is 1. The van der Waals surface area contributed by atoms with E-state index in [0.29, 0.717) is 5.92 Å². The standard InChI is InChI=1S/C9H16O/c1-5-7(3)9(6-2)8(4)10/h5,7,9H,1,6H2,2-4H3. The van der Waals surface area contributed by atoms with Crippen LogP contribution in [0.1, 0.15) is 27.2 Å². The molecule has 0 aromatic carbocycles. The van der Waals surface area contributed by atoms with E-state index in [1.165, 1.54) is 0 Å². The maximum atomic E-state index is 10.9. The van der Waals surface area contributed by atoms with Crippen LogP contribution in [-0.4, -0.2) is 5.78 Å². The van der Waals surface area contributed by atoms with Gasteiger partial charge in [-0.15, -0.1) is 6.58 Å². The van der Waals surface area contributed by atoms with Crippen LogP contribution in [-0.2, 0) is 4.79 Å². The van der Waals surface area contributed by atoms with Crippen molar-refractivity contribution in [2.45, 2.75) is 27.2 Å². The Kier molecular flexibility index (Phi) is 4.01. The first-order valence-electron chi connectivity index (χ1n) is 3.76. The highest BCUT2D eigenvalue weighted by molar-refractivity contribution is 5.78. The highest BCUT2D eigenvalue weighted by Gasteiger charge is 2.16. The highest BCUT2D eigenvalue weighted by Crippen LogP contribution is 2.16. The molecule has 0 rings (SSSR count). The third-order valence-corrected chi connectivity index (χ3v) is 1.97. The van der Waals surface area contributed by atoms with Crippen LogP contribution in [0.3, 0.4) is 0 Å². The van der Waals surface area contributed by atoms with Crippen LogP contribution in [0.2, 0.25) is 0 Å². The monoisotopic (exact) mass is 140 g/mol. The van der Waals surface area contributed by atoms with E-state index in [4.69, 9.17) is 0 Å². The van der Waals surface area contributed by atoms with Gasteiger partial charge in [0.1, 0.15) is 5.78 Å². The van der Waals surface area contributed by atoms with Crippen LogP contribution in [0.25, 0.3) is 0 Å². The van der Waals surface area contributed by atoms with E-state index in [1.807, 2.05) is 19.9 Å². The molecule has 0 aromatic heterocycles. The van der Waals surface area contributed by atoms with Gasteiger partial charge in [0.05, 0.1) is 0 Å². The number of hydrogen-bond acceptors (Lipinski definition) is 1. The molecule has 0 aromatic rings. The molecule has 1 heteroatoms. The number of ketones is 1. The number of rotatable bonds is 4. The van der Waals surface area contributed by atoms with Crippen molar-refractivity contribution >= 4 is 5.78 Å². The molecular weight excluding hydrogens is 124 g/mol. The molecule has 2 unspecified atom stereocenters. The Morgan fingerprint density at radius 2 is 2.20 bits per heavy atom. The van der Waals surface area contributed by atoms with Crippen molar-refractivity contribution < 1.29 is 4.79 Å². The van der Waals surface area contributed by atoms with E-state index in [-0.39, 0.29) is 11.7 Å². The van der Waals surface area contributed by atoms with Gasteiger partial charge in [-0.25, -0.2) is 0 Å². The van der Waals surface area contributed by atoms with E-state index in [2.05, 4.69) is 6.58 Å². The van der Waals surface area contributed by atoms with Crippen molar-refractivity contribution in [2.24, 2.45) is 11.8 Å². The van der Waals surface area contributed by atoms with Gasteiger partial charge in [0.2, 0.25) is 0 Å². The Labute approximate surface area is 63.1 Å². The summed E-state index contributed by atoms with van der Waals surface area (Å²) >= 11 is 0. The quantitative estimate of drug-likeness (QED) is 0.548. The summed E-state index contributed by atoms with van der Waals surface area (Å²) in [5.74, 6) is 0.773. The van der Waals surface area contributed by atoms with E-state index in [0.717, 1.165) is 6.42 Å². The van der Waals surface area contributed by atoms with Crippen LogP contribution in [0.15, 0.2) is 12.7 Å². The average Bonchev–Trinajstić information content (AvgIpc) is 1.88. The Bertz CT molecular complexity index is 127. The molecule has 0 saturated heterocycles. The minimum absolute atomic E-state index is 0.178. The van der Waals surface area contributed by atoms with Crippen LogP contribution in [0.4, 0.5) is 0 Å². The van der Waals surface area contributed by atoms with Crippen molar-refractivity contribution in [3.63, 3.8) is 0 Å². The fourth-order valence-corrected chi connectivity index (χ4v) is 1.19. The predicted molar refractivity (Wildman–Crippen MR) is 43.8 cm³/mol. The van der Waals surface area contributed by atoms with Crippen LogP contribution in [0.5, 0.6) is 0 Å². The molecule has 0 aliphatic rings. The van der Waals surface area contributed by atoms with E-state index in [9.17, 15) is 4.79 Å². The lowest BCUT2D eigenvalue weighted by Gasteiger charge is -2.15. The second-order valence-corrected chi connectivity index (χ2v) is 2.72. The van der Waals surface area contributed by atoms with Crippen LogP contribution < -0.4 is 0 Å². The maximum Gasteiger partial charge on any atom is 0.133 e. The lowest BCUT2D eigenvalue weighted by Crippen LogP contribution is -2.16. The first-order valence-corrected chi connectivity index (χ1v) is 3.76. The highest BCUT2D eigenvalue weighted by atomic mass is 16.1. The topological polar surface area (TPSA) is 17.1 Å². The number of carbonyl (C=O) groups excluding carboxylic acids is 1. The van der Waals surface area contributed by atoms with Gasteiger partial charge in [0.25, 0.3) is 0 Å². The van der Waals surface area contributed by atoms with Gasteiger partial charge in [0.15, 0.2) is 0 Å². The van der Waals surface area contributed by atoms with Crippen molar-refractivity contribution in [3.8, 4) is 0 Å². The Morgan fingerprint density at radius 3 is 2.30 bits per heavy atom. The molecular formula is C9H16O. The van der Waals surface area contributed by atoms with Gasteiger partial charge >= 0.3 is 0 Å². The number of Topliss-reactive ketones (excluding diaryl/α,β-unsaturated/α-hetero) is 1. The van der Waals surface area contributed by atoms with Crippen LogP contribution in [0, 0.1) is 11.8 Å². The second kappa shape index (κ2) is 4.26. The first kappa shape index (κ1) is 9.41. The summed E-state index contributed by atoms with van der Waals surface area (Å²) in [5, 5.41) is 0. The third kappa shape index (κ3) is 2.34. The third-order valence-electron chi connectivity index (χ3n) is 1.97.